The fourth-order valence-electron chi connectivity index (χ4n) is 3.74. The van der Waals surface area contributed by atoms with Gasteiger partial charge in [-0.25, -0.2) is 9.97 Å². The number of anilines is 1. The number of fused-ring (bicyclic) bond motifs is 2. The third-order valence-corrected chi connectivity index (χ3v) is 5.76. The molecule has 154 valence electrons. The quantitative estimate of drug-likeness (QED) is 0.352. The lowest BCUT2D eigenvalue weighted by Gasteiger charge is -2.08. The van der Waals surface area contributed by atoms with Gasteiger partial charge in [0.1, 0.15) is 11.6 Å². The van der Waals surface area contributed by atoms with Crippen molar-refractivity contribution in [3.63, 3.8) is 0 Å². The zero-order chi connectivity index (χ0) is 21.4. The highest BCUT2D eigenvalue weighted by atomic mass is 35.5. The van der Waals surface area contributed by atoms with Crippen molar-refractivity contribution in [2.24, 2.45) is 7.05 Å². The monoisotopic (exact) mass is 428 g/mol. The molecule has 2 heterocycles. The summed E-state index contributed by atoms with van der Waals surface area (Å²) in [4.78, 5) is 9.28. The van der Waals surface area contributed by atoms with Gasteiger partial charge in [-0.1, -0.05) is 29.8 Å². The van der Waals surface area contributed by atoms with Crippen molar-refractivity contribution in [3.8, 4) is 11.6 Å². The van der Waals surface area contributed by atoms with Crippen LogP contribution in [-0.4, -0.2) is 14.5 Å². The largest absolute Gasteiger partial charge is 0.439 e. The first-order valence-electron chi connectivity index (χ1n) is 10.1. The Hall–Kier alpha value is -3.57. The predicted octanol–water partition coefficient (Wildman–Crippen LogP) is 5.93. The minimum absolute atomic E-state index is 0.543. The molecule has 0 bridgehead atoms. The second-order valence-electron chi connectivity index (χ2n) is 7.54. The molecule has 0 aliphatic carbocycles. The molecular weight excluding hydrogens is 408 g/mol. The predicted molar refractivity (Wildman–Crippen MR) is 126 cm³/mol. The van der Waals surface area contributed by atoms with Crippen molar-refractivity contribution in [2.75, 3.05) is 5.73 Å². The fourth-order valence-corrected chi connectivity index (χ4v) is 3.97. The first-order valence-corrected chi connectivity index (χ1v) is 10.5. The number of ether oxygens (including phenoxy) is 1. The van der Waals surface area contributed by atoms with E-state index in [1.165, 1.54) is 5.56 Å². The van der Waals surface area contributed by atoms with Crippen LogP contribution < -0.4 is 10.5 Å². The molecule has 0 saturated carbocycles. The van der Waals surface area contributed by atoms with Gasteiger partial charge in [-0.2, -0.15) is 0 Å². The van der Waals surface area contributed by atoms with Gasteiger partial charge in [-0.15, -0.1) is 0 Å². The van der Waals surface area contributed by atoms with Crippen LogP contribution in [0.15, 0.2) is 72.8 Å². The van der Waals surface area contributed by atoms with E-state index >= 15 is 0 Å². The molecule has 0 amide bonds. The average molecular weight is 429 g/mol. The number of hydrogen-bond acceptors (Lipinski definition) is 4. The van der Waals surface area contributed by atoms with Gasteiger partial charge in [0.2, 0.25) is 5.88 Å². The van der Waals surface area contributed by atoms with Gasteiger partial charge in [0.05, 0.1) is 16.6 Å². The Morgan fingerprint density at radius 1 is 0.903 bits per heavy atom. The highest BCUT2D eigenvalue weighted by molar-refractivity contribution is 6.35. The van der Waals surface area contributed by atoms with E-state index in [1.54, 1.807) is 0 Å². The molecule has 31 heavy (non-hydrogen) atoms. The topological polar surface area (TPSA) is 66.0 Å². The molecule has 0 unspecified atom stereocenters. The number of nitrogen functional groups attached to an aromatic ring is 1. The number of aryl methyl sites for hydroxylation is 3. The van der Waals surface area contributed by atoms with Crippen LogP contribution in [0.1, 0.15) is 11.4 Å². The van der Waals surface area contributed by atoms with Crippen molar-refractivity contribution in [2.45, 2.75) is 12.8 Å². The maximum absolute atomic E-state index is 6.21. The van der Waals surface area contributed by atoms with Gasteiger partial charge in [-0.05, 0) is 60.5 Å². The van der Waals surface area contributed by atoms with E-state index in [4.69, 9.17) is 27.1 Å². The molecule has 0 radical (unpaired) electrons. The fraction of sp³-hybridized carbons (Fsp3) is 0.120. The zero-order valence-corrected chi connectivity index (χ0v) is 17.8. The molecule has 2 aromatic heterocycles. The van der Waals surface area contributed by atoms with Crippen LogP contribution >= 0.6 is 11.6 Å². The number of imidazole rings is 1. The van der Waals surface area contributed by atoms with E-state index in [9.17, 15) is 0 Å². The van der Waals surface area contributed by atoms with Crippen LogP contribution in [0.25, 0.3) is 21.9 Å². The van der Waals surface area contributed by atoms with E-state index in [-0.39, 0.29) is 0 Å². The molecule has 0 atom stereocenters. The summed E-state index contributed by atoms with van der Waals surface area (Å²) in [7, 11) is 2.03. The van der Waals surface area contributed by atoms with Gasteiger partial charge in [0.25, 0.3) is 0 Å². The van der Waals surface area contributed by atoms with Gasteiger partial charge in [0.15, 0.2) is 0 Å². The molecule has 5 aromatic rings. The van der Waals surface area contributed by atoms with Crippen molar-refractivity contribution < 1.29 is 4.74 Å². The molecule has 5 rings (SSSR count). The number of pyridine rings is 1. The van der Waals surface area contributed by atoms with Gasteiger partial charge >= 0.3 is 0 Å². The summed E-state index contributed by atoms with van der Waals surface area (Å²) in [6.45, 7) is 0. The lowest BCUT2D eigenvalue weighted by molar-refractivity contribution is 0.465. The van der Waals surface area contributed by atoms with Crippen LogP contribution in [0.4, 0.5) is 5.69 Å². The normalized spacial score (nSPS) is 11.3. The first kappa shape index (κ1) is 19.4. The molecule has 6 heteroatoms. The van der Waals surface area contributed by atoms with E-state index in [2.05, 4.69) is 21.7 Å². The van der Waals surface area contributed by atoms with Gasteiger partial charge in [-0.3, -0.25) is 0 Å². The van der Waals surface area contributed by atoms with Crippen molar-refractivity contribution in [1.29, 1.82) is 0 Å². The summed E-state index contributed by atoms with van der Waals surface area (Å²) in [5.41, 5.74) is 10.7. The van der Waals surface area contributed by atoms with E-state index < -0.39 is 0 Å². The lowest BCUT2D eigenvalue weighted by atomic mass is 10.1. The van der Waals surface area contributed by atoms with Gasteiger partial charge < -0.3 is 15.0 Å². The lowest BCUT2D eigenvalue weighted by Crippen LogP contribution is -2.00. The summed E-state index contributed by atoms with van der Waals surface area (Å²) in [6.07, 6.45) is 1.73. The molecule has 0 saturated heterocycles. The minimum atomic E-state index is 0.543. The van der Waals surface area contributed by atoms with Crippen LogP contribution in [-0.2, 0) is 19.9 Å². The number of rotatable bonds is 5. The SMILES string of the molecule is Cn1c(CCc2ccc(Oc3ccc4c(Cl)cccc4n3)cc2)nc2ccc(N)cc21. The molecular formula is C25H21ClN4O. The first-order chi connectivity index (χ1) is 15.1. The third kappa shape index (κ3) is 3.92. The summed E-state index contributed by atoms with van der Waals surface area (Å²) >= 11 is 6.21. The summed E-state index contributed by atoms with van der Waals surface area (Å²) < 4.78 is 8.04. The summed E-state index contributed by atoms with van der Waals surface area (Å²) in [5.74, 6) is 2.33. The molecule has 0 aliphatic rings. The number of benzene rings is 3. The van der Waals surface area contributed by atoms with Crippen molar-refractivity contribution in [3.05, 3.63) is 89.2 Å². The van der Waals surface area contributed by atoms with Gasteiger partial charge in [0, 0.05) is 35.6 Å². The van der Waals surface area contributed by atoms with Crippen LogP contribution in [0.5, 0.6) is 11.6 Å². The summed E-state index contributed by atoms with van der Waals surface area (Å²) in [6, 6.07) is 23.3. The third-order valence-electron chi connectivity index (χ3n) is 5.43. The van der Waals surface area contributed by atoms with E-state index in [1.807, 2.05) is 67.7 Å². The molecule has 3 aromatic carbocycles. The van der Waals surface area contributed by atoms with E-state index in [0.717, 1.165) is 52.0 Å². The Kier molecular flexibility index (Phi) is 4.96. The average Bonchev–Trinajstić information content (AvgIpc) is 3.08. The Bertz CT molecular complexity index is 1390. The minimum Gasteiger partial charge on any atom is -0.439 e. The summed E-state index contributed by atoms with van der Waals surface area (Å²) in [5, 5.41) is 1.60. The highest BCUT2D eigenvalue weighted by Gasteiger charge is 2.09. The standard InChI is InChI=1S/C25H21ClN4O/c1-30-23-15-17(27)8-12-22(23)28-24(30)13-7-16-5-9-18(10-6-16)31-25-14-11-19-20(26)3-2-4-21(19)29-25/h2-6,8-12,14-15H,7,13,27H2,1H3. The number of aromatic nitrogens is 3. The van der Waals surface area contributed by atoms with Crippen molar-refractivity contribution in [1.82, 2.24) is 14.5 Å². The second-order valence-corrected chi connectivity index (χ2v) is 7.94. The molecule has 0 aliphatic heterocycles. The number of nitrogens with two attached hydrogens (primary N) is 1. The molecule has 5 nitrogen and oxygen atoms in total. The number of hydrogen-bond donors (Lipinski definition) is 1. The Morgan fingerprint density at radius 3 is 2.58 bits per heavy atom. The Labute approximate surface area is 185 Å². The highest BCUT2D eigenvalue weighted by Crippen LogP contribution is 2.27. The Balaban J connectivity index is 1.28. The van der Waals surface area contributed by atoms with Crippen LogP contribution in [0.2, 0.25) is 5.02 Å². The maximum atomic E-state index is 6.21. The molecule has 0 spiro atoms. The number of halogens is 1. The zero-order valence-electron chi connectivity index (χ0n) is 17.0. The molecule has 2 N–H and O–H groups in total. The van der Waals surface area contributed by atoms with Crippen LogP contribution in [0, 0.1) is 0 Å². The maximum Gasteiger partial charge on any atom is 0.219 e. The van der Waals surface area contributed by atoms with Crippen LogP contribution in [0.3, 0.4) is 0 Å². The molecule has 0 fully saturated rings. The smallest absolute Gasteiger partial charge is 0.219 e. The van der Waals surface area contributed by atoms with Crippen molar-refractivity contribution >= 4 is 39.2 Å². The Morgan fingerprint density at radius 2 is 1.74 bits per heavy atom. The number of nitrogens with zero attached hydrogens (tertiary/aromatic N) is 3. The second kappa shape index (κ2) is 7.93. The van der Waals surface area contributed by atoms with E-state index in [0.29, 0.717) is 10.9 Å².